The van der Waals surface area contributed by atoms with Gasteiger partial charge in [-0.25, -0.2) is 0 Å². The second-order valence-electron chi connectivity index (χ2n) is 8.01. The van der Waals surface area contributed by atoms with Crippen LogP contribution >= 0.6 is 0 Å². The Morgan fingerprint density at radius 2 is 1.58 bits per heavy atom. The number of hydrogen-bond acceptors (Lipinski definition) is 7. The molecule has 0 atom stereocenters. The van der Waals surface area contributed by atoms with Gasteiger partial charge in [-0.3, -0.25) is 29.8 Å². The lowest BCUT2D eigenvalue weighted by Gasteiger charge is -2.10. The summed E-state index contributed by atoms with van der Waals surface area (Å²) in [5, 5.41) is 38.3. The summed E-state index contributed by atoms with van der Waals surface area (Å²) in [4.78, 5) is 43.0. The number of benzene rings is 2. The fourth-order valence-corrected chi connectivity index (χ4v) is 3.71. The Labute approximate surface area is 210 Å². The highest BCUT2D eigenvalue weighted by Crippen LogP contribution is 2.33. The Balaban J connectivity index is 0.000000623. The van der Waals surface area contributed by atoms with E-state index in [2.05, 4.69) is 0 Å². The first kappa shape index (κ1) is 30.1. The number of nitrogens with one attached hydrogen (secondary N) is 1. The molecule has 2 aromatic carbocycles. The molecular formula is C26H33N3O7. The number of unbranched alkanes of at least 4 members (excludes halogenated alkanes) is 1. The fraction of sp³-hybridized carbons (Fsp3) is 0.423. The van der Waals surface area contributed by atoms with E-state index in [4.69, 9.17) is 10.5 Å². The first-order valence-electron chi connectivity index (χ1n) is 12.0. The minimum absolute atomic E-state index is 0.00735. The van der Waals surface area contributed by atoms with E-state index in [0.29, 0.717) is 17.5 Å². The van der Waals surface area contributed by atoms with Gasteiger partial charge in [0.2, 0.25) is 5.78 Å². The van der Waals surface area contributed by atoms with Gasteiger partial charge in [-0.2, -0.15) is 0 Å². The Kier molecular flexibility index (Phi) is 12.6. The zero-order valence-electron chi connectivity index (χ0n) is 20.9. The van der Waals surface area contributed by atoms with E-state index in [0.717, 1.165) is 44.6 Å². The third kappa shape index (κ3) is 8.68. The maximum absolute atomic E-state index is 12.5. The zero-order valence-corrected chi connectivity index (χ0v) is 20.9. The van der Waals surface area contributed by atoms with E-state index in [1.54, 1.807) is 12.1 Å². The Morgan fingerprint density at radius 1 is 1.00 bits per heavy atom. The van der Waals surface area contributed by atoms with Gasteiger partial charge in [0.05, 0.1) is 27.2 Å². The fourth-order valence-electron chi connectivity index (χ4n) is 3.71. The largest absolute Gasteiger partial charge is 0.481 e. The average Bonchev–Trinajstić information content (AvgIpc) is 3.43. The monoisotopic (exact) mass is 499 g/mol. The third-order valence-electron chi connectivity index (χ3n) is 5.60. The molecule has 0 aliphatic heterocycles. The molecule has 0 unspecified atom stereocenters. The van der Waals surface area contributed by atoms with Crippen molar-refractivity contribution in [3.05, 3.63) is 68.3 Å². The second-order valence-corrected chi connectivity index (χ2v) is 8.01. The van der Waals surface area contributed by atoms with E-state index in [-0.39, 0.29) is 34.4 Å². The molecule has 1 aliphatic rings. The van der Waals surface area contributed by atoms with Gasteiger partial charge in [0.1, 0.15) is 0 Å². The lowest BCUT2D eigenvalue weighted by atomic mass is 9.93. The minimum Gasteiger partial charge on any atom is -0.481 e. The van der Waals surface area contributed by atoms with Crippen molar-refractivity contribution in [2.24, 2.45) is 5.92 Å². The number of aliphatic carboxylic acids is 1. The van der Waals surface area contributed by atoms with Gasteiger partial charge in [-0.05, 0) is 30.9 Å². The van der Waals surface area contributed by atoms with Crippen molar-refractivity contribution in [3.8, 4) is 11.1 Å². The molecule has 0 radical (unpaired) electrons. The summed E-state index contributed by atoms with van der Waals surface area (Å²) in [5.74, 6) is -1.01. The molecule has 0 bridgehead atoms. The van der Waals surface area contributed by atoms with Crippen LogP contribution in [0.25, 0.3) is 11.1 Å². The zero-order chi connectivity index (χ0) is 27.3. The standard InChI is InChI=1S/C19H17N3O5.C5H10O2.C2H6/c20-18(13-3-1-2-4-13)19(23)14-7-5-12(6-8-14)16-10-9-15(21(24)25)11-17(16)22(26)27;1-2-3-4-5(6)7;1-2/h5-11,13,20H,1-4H2;2-4H2,1H3,(H,6,7);1-2H3. The molecule has 2 aromatic rings. The van der Waals surface area contributed by atoms with Crippen molar-refractivity contribution in [2.75, 3.05) is 0 Å². The quantitative estimate of drug-likeness (QED) is 0.165. The topological polar surface area (TPSA) is 165 Å². The highest BCUT2D eigenvalue weighted by molar-refractivity contribution is 6.45. The summed E-state index contributed by atoms with van der Waals surface area (Å²) in [6.07, 6.45) is 5.86. The Bertz CT molecular complexity index is 1080. The number of hydrogen-bond donors (Lipinski definition) is 2. The molecule has 1 aliphatic carbocycles. The van der Waals surface area contributed by atoms with Crippen LogP contribution in [0.5, 0.6) is 0 Å². The smallest absolute Gasteiger partial charge is 0.303 e. The van der Waals surface area contributed by atoms with Crippen LogP contribution in [0.15, 0.2) is 42.5 Å². The van der Waals surface area contributed by atoms with Crippen LogP contribution in [0.1, 0.15) is 76.1 Å². The molecule has 10 nitrogen and oxygen atoms in total. The molecule has 1 saturated carbocycles. The number of nitro benzene ring substituents is 2. The lowest BCUT2D eigenvalue weighted by Crippen LogP contribution is -2.21. The lowest BCUT2D eigenvalue weighted by molar-refractivity contribution is -0.393. The summed E-state index contributed by atoms with van der Waals surface area (Å²) in [6, 6.07) is 9.64. The van der Waals surface area contributed by atoms with Crippen molar-refractivity contribution >= 4 is 28.8 Å². The highest BCUT2D eigenvalue weighted by atomic mass is 16.6. The van der Waals surface area contributed by atoms with Crippen molar-refractivity contribution in [1.82, 2.24) is 0 Å². The highest BCUT2D eigenvalue weighted by Gasteiger charge is 2.26. The molecule has 1 fully saturated rings. The summed E-state index contributed by atoms with van der Waals surface area (Å²) in [7, 11) is 0. The molecule has 0 saturated heterocycles. The van der Waals surface area contributed by atoms with Gasteiger partial charge in [0.15, 0.2) is 0 Å². The van der Waals surface area contributed by atoms with Crippen molar-refractivity contribution < 1.29 is 24.5 Å². The summed E-state index contributed by atoms with van der Waals surface area (Å²) < 4.78 is 0. The number of carbonyl (C=O) groups is 2. The maximum atomic E-state index is 12.5. The van der Waals surface area contributed by atoms with E-state index in [1.807, 2.05) is 20.8 Å². The molecule has 36 heavy (non-hydrogen) atoms. The molecule has 0 spiro atoms. The number of non-ortho nitro benzene ring substituents is 1. The second kappa shape index (κ2) is 15.1. The summed E-state index contributed by atoms with van der Waals surface area (Å²) in [6.45, 7) is 5.98. The van der Waals surface area contributed by atoms with E-state index < -0.39 is 15.8 Å². The number of nitro groups is 2. The first-order chi connectivity index (χ1) is 17.1. The molecule has 0 aromatic heterocycles. The maximum Gasteiger partial charge on any atom is 0.303 e. The van der Waals surface area contributed by atoms with Crippen LogP contribution in [-0.2, 0) is 4.79 Å². The van der Waals surface area contributed by atoms with Crippen molar-refractivity contribution in [1.29, 1.82) is 5.41 Å². The molecule has 2 N–H and O–H groups in total. The van der Waals surface area contributed by atoms with E-state index >= 15 is 0 Å². The van der Waals surface area contributed by atoms with E-state index in [1.165, 1.54) is 24.3 Å². The Hall–Kier alpha value is -3.95. The van der Waals surface area contributed by atoms with Gasteiger partial charge < -0.3 is 10.5 Å². The predicted octanol–water partition coefficient (Wildman–Crippen LogP) is 6.85. The minimum atomic E-state index is -0.693. The van der Waals surface area contributed by atoms with Crippen LogP contribution in [-0.4, -0.2) is 32.4 Å². The third-order valence-corrected chi connectivity index (χ3v) is 5.60. The summed E-state index contributed by atoms with van der Waals surface area (Å²) >= 11 is 0. The number of carbonyl (C=O) groups excluding carboxylic acids is 1. The molecular weight excluding hydrogens is 466 g/mol. The van der Waals surface area contributed by atoms with Gasteiger partial charge in [-0.15, -0.1) is 0 Å². The normalized spacial score (nSPS) is 12.4. The SMILES string of the molecule is CC.CCCCC(=O)O.N=C(C(=O)c1ccc(-c2ccc([N+](=O)[O-])cc2[N+](=O)[O-])cc1)C1CCCC1. The molecule has 0 amide bonds. The van der Waals surface area contributed by atoms with Crippen LogP contribution in [0.3, 0.4) is 0 Å². The molecule has 0 heterocycles. The van der Waals surface area contributed by atoms with Gasteiger partial charge in [-0.1, -0.05) is 64.3 Å². The van der Waals surface area contributed by atoms with Crippen LogP contribution < -0.4 is 0 Å². The van der Waals surface area contributed by atoms with E-state index in [9.17, 15) is 29.8 Å². The van der Waals surface area contributed by atoms with Crippen LogP contribution in [0.4, 0.5) is 11.4 Å². The molecule has 10 heteroatoms. The number of carboxylic acids is 1. The number of ketones is 1. The number of nitrogens with zero attached hydrogens (tertiary/aromatic N) is 2. The number of Topliss-reactive ketones (excluding diaryl/α,β-unsaturated/α-hetero) is 1. The average molecular weight is 500 g/mol. The molecule has 3 rings (SSSR count). The van der Waals surface area contributed by atoms with Crippen molar-refractivity contribution in [3.63, 3.8) is 0 Å². The summed E-state index contributed by atoms with van der Waals surface area (Å²) in [5.41, 5.74) is 0.446. The van der Waals surface area contributed by atoms with Crippen LogP contribution in [0.2, 0.25) is 0 Å². The van der Waals surface area contributed by atoms with Gasteiger partial charge in [0.25, 0.3) is 11.4 Å². The van der Waals surface area contributed by atoms with Gasteiger partial charge >= 0.3 is 5.97 Å². The first-order valence-corrected chi connectivity index (χ1v) is 12.0. The predicted molar refractivity (Wildman–Crippen MR) is 138 cm³/mol. The van der Waals surface area contributed by atoms with Crippen LogP contribution in [0, 0.1) is 31.6 Å². The number of carboxylic acid groups (broad SMARTS) is 1. The van der Waals surface area contributed by atoms with Gasteiger partial charge in [0, 0.05) is 24.0 Å². The Morgan fingerprint density at radius 3 is 2.03 bits per heavy atom. The molecule has 194 valence electrons. The van der Waals surface area contributed by atoms with Crippen molar-refractivity contribution in [2.45, 2.75) is 65.7 Å². The number of rotatable bonds is 9.